The zero-order valence-corrected chi connectivity index (χ0v) is 10.1. The number of aromatic amines is 1. The average Bonchev–Trinajstić information content (AvgIpc) is 2.85. The summed E-state index contributed by atoms with van der Waals surface area (Å²) in [5.74, 6) is 0.880. The molecule has 0 saturated carbocycles. The number of hydrogen-bond donors (Lipinski definition) is 1. The van der Waals surface area contributed by atoms with Gasteiger partial charge in [-0.2, -0.15) is 0 Å². The fourth-order valence-electron chi connectivity index (χ4n) is 1.86. The predicted molar refractivity (Wildman–Crippen MR) is 67.2 cm³/mol. The summed E-state index contributed by atoms with van der Waals surface area (Å²) in [4.78, 5) is 3.18. The van der Waals surface area contributed by atoms with Crippen molar-refractivity contribution in [1.82, 2.24) is 24.3 Å². The standard InChI is InChI=1S/C11H11N5S/c1-15-7-12-14-10(15)6-16-9-5-3-2-4-8(9)13-11(16)17/h2-5,7H,6H2,1H3,(H,13,17). The molecule has 0 bridgehead atoms. The van der Waals surface area contributed by atoms with Gasteiger partial charge in [0.05, 0.1) is 17.6 Å². The summed E-state index contributed by atoms with van der Waals surface area (Å²) in [6, 6.07) is 8.04. The maximum atomic E-state index is 5.32. The SMILES string of the molecule is Cn1cnnc1Cn1c(=S)[nH]c2ccccc21. The van der Waals surface area contributed by atoms with Gasteiger partial charge in [0.25, 0.3) is 0 Å². The number of nitrogens with one attached hydrogen (secondary N) is 1. The van der Waals surface area contributed by atoms with Crippen molar-refractivity contribution < 1.29 is 0 Å². The van der Waals surface area contributed by atoms with Crippen LogP contribution >= 0.6 is 12.2 Å². The van der Waals surface area contributed by atoms with Crippen LogP contribution in [0, 0.1) is 4.77 Å². The number of aryl methyl sites for hydroxylation is 1. The number of fused-ring (bicyclic) bond motifs is 1. The third kappa shape index (κ3) is 1.66. The van der Waals surface area contributed by atoms with Gasteiger partial charge in [0.15, 0.2) is 10.6 Å². The number of H-pyrrole nitrogens is 1. The lowest BCUT2D eigenvalue weighted by atomic mass is 10.3. The van der Waals surface area contributed by atoms with Crippen LogP contribution in [0.25, 0.3) is 11.0 Å². The Labute approximate surface area is 103 Å². The van der Waals surface area contributed by atoms with Gasteiger partial charge in [0, 0.05) is 7.05 Å². The van der Waals surface area contributed by atoms with E-state index in [0.29, 0.717) is 11.3 Å². The second-order valence-corrected chi connectivity index (χ2v) is 4.28. The molecule has 0 aliphatic rings. The fourth-order valence-corrected chi connectivity index (χ4v) is 2.13. The molecule has 2 aromatic heterocycles. The first-order chi connectivity index (χ1) is 8.25. The third-order valence-electron chi connectivity index (χ3n) is 2.79. The molecule has 0 fully saturated rings. The number of hydrogen-bond acceptors (Lipinski definition) is 3. The highest BCUT2D eigenvalue weighted by molar-refractivity contribution is 7.71. The lowest BCUT2D eigenvalue weighted by Crippen LogP contribution is -2.05. The quantitative estimate of drug-likeness (QED) is 0.701. The van der Waals surface area contributed by atoms with Crippen molar-refractivity contribution in [2.75, 3.05) is 0 Å². The lowest BCUT2D eigenvalue weighted by Gasteiger charge is -2.03. The first-order valence-corrected chi connectivity index (χ1v) is 5.67. The van der Waals surface area contributed by atoms with Crippen LogP contribution in [0.15, 0.2) is 30.6 Å². The molecule has 5 nitrogen and oxygen atoms in total. The van der Waals surface area contributed by atoms with Gasteiger partial charge >= 0.3 is 0 Å². The molecule has 3 aromatic rings. The lowest BCUT2D eigenvalue weighted by molar-refractivity contribution is 0.705. The van der Waals surface area contributed by atoms with Crippen molar-refractivity contribution >= 4 is 23.3 Å². The molecule has 2 heterocycles. The van der Waals surface area contributed by atoms with Gasteiger partial charge in [0.2, 0.25) is 0 Å². The zero-order valence-electron chi connectivity index (χ0n) is 9.29. The highest BCUT2D eigenvalue weighted by Crippen LogP contribution is 2.14. The normalized spacial score (nSPS) is 11.1. The number of nitrogens with zero attached hydrogens (tertiary/aromatic N) is 4. The second kappa shape index (κ2) is 3.81. The van der Waals surface area contributed by atoms with E-state index in [9.17, 15) is 0 Å². The van der Waals surface area contributed by atoms with Crippen LogP contribution in [0.2, 0.25) is 0 Å². The largest absolute Gasteiger partial charge is 0.331 e. The Morgan fingerprint density at radius 3 is 2.94 bits per heavy atom. The molecule has 0 aliphatic carbocycles. The number of para-hydroxylation sites is 2. The van der Waals surface area contributed by atoms with Crippen molar-refractivity contribution in [3.8, 4) is 0 Å². The van der Waals surface area contributed by atoms with Crippen LogP contribution in [-0.4, -0.2) is 24.3 Å². The Kier molecular flexibility index (Phi) is 2.29. The minimum absolute atomic E-state index is 0.624. The summed E-state index contributed by atoms with van der Waals surface area (Å²) in [5, 5.41) is 7.94. The van der Waals surface area contributed by atoms with Gasteiger partial charge in [0.1, 0.15) is 6.33 Å². The minimum atomic E-state index is 0.624. The Morgan fingerprint density at radius 1 is 1.35 bits per heavy atom. The zero-order chi connectivity index (χ0) is 11.8. The summed E-state index contributed by atoms with van der Waals surface area (Å²) in [6.45, 7) is 0.624. The average molecular weight is 245 g/mol. The number of benzene rings is 1. The maximum absolute atomic E-state index is 5.32. The van der Waals surface area contributed by atoms with Crippen molar-refractivity contribution in [2.24, 2.45) is 7.05 Å². The van der Waals surface area contributed by atoms with Gasteiger partial charge in [-0.05, 0) is 24.4 Å². The molecule has 0 radical (unpaired) electrons. The molecule has 3 rings (SSSR count). The van der Waals surface area contributed by atoms with E-state index in [1.54, 1.807) is 6.33 Å². The van der Waals surface area contributed by atoms with E-state index in [1.165, 1.54) is 0 Å². The van der Waals surface area contributed by atoms with E-state index >= 15 is 0 Å². The smallest absolute Gasteiger partial charge is 0.178 e. The minimum Gasteiger partial charge on any atom is -0.331 e. The van der Waals surface area contributed by atoms with Gasteiger partial charge in [-0.15, -0.1) is 10.2 Å². The molecular weight excluding hydrogens is 234 g/mol. The number of aromatic nitrogens is 5. The van der Waals surface area contributed by atoms with Crippen molar-refractivity contribution in [1.29, 1.82) is 0 Å². The molecule has 0 unspecified atom stereocenters. The Morgan fingerprint density at radius 2 is 2.18 bits per heavy atom. The second-order valence-electron chi connectivity index (χ2n) is 3.89. The highest BCUT2D eigenvalue weighted by atomic mass is 32.1. The summed E-state index contributed by atoms with van der Waals surface area (Å²) in [5.41, 5.74) is 2.13. The molecule has 0 spiro atoms. The summed E-state index contributed by atoms with van der Waals surface area (Å²) < 4.78 is 4.62. The van der Waals surface area contributed by atoms with Crippen LogP contribution in [0.3, 0.4) is 0 Å². The topological polar surface area (TPSA) is 51.4 Å². The van der Waals surface area contributed by atoms with Gasteiger partial charge in [-0.1, -0.05) is 12.1 Å². The van der Waals surface area contributed by atoms with E-state index in [2.05, 4.69) is 15.2 Å². The maximum Gasteiger partial charge on any atom is 0.178 e. The molecule has 86 valence electrons. The first kappa shape index (κ1) is 10.2. The molecule has 0 atom stereocenters. The molecule has 17 heavy (non-hydrogen) atoms. The molecular formula is C11H11N5S. The molecule has 1 N–H and O–H groups in total. The Hall–Kier alpha value is -1.95. The number of imidazole rings is 1. The van der Waals surface area contributed by atoms with Crippen molar-refractivity contribution in [2.45, 2.75) is 6.54 Å². The summed E-state index contributed by atoms with van der Waals surface area (Å²) in [7, 11) is 1.92. The van der Waals surface area contributed by atoms with Gasteiger partial charge < -0.3 is 14.1 Å². The predicted octanol–water partition coefficient (Wildman–Crippen LogP) is 1.88. The molecule has 0 saturated heterocycles. The van der Waals surface area contributed by atoms with E-state index in [4.69, 9.17) is 12.2 Å². The Balaban J connectivity index is 2.15. The molecule has 6 heteroatoms. The first-order valence-electron chi connectivity index (χ1n) is 5.26. The van der Waals surface area contributed by atoms with Crippen molar-refractivity contribution in [3.63, 3.8) is 0 Å². The molecule has 0 aliphatic heterocycles. The third-order valence-corrected chi connectivity index (χ3v) is 3.11. The van der Waals surface area contributed by atoms with Gasteiger partial charge in [-0.3, -0.25) is 0 Å². The van der Waals surface area contributed by atoms with Crippen LogP contribution in [0.1, 0.15) is 5.82 Å². The van der Waals surface area contributed by atoms with E-state index < -0.39 is 0 Å². The van der Waals surface area contributed by atoms with E-state index in [1.807, 2.05) is 40.4 Å². The molecule has 0 amide bonds. The van der Waals surface area contributed by atoms with Crippen molar-refractivity contribution in [3.05, 3.63) is 41.2 Å². The Bertz CT molecular complexity index is 721. The van der Waals surface area contributed by atoms with Crippen LogP contribution in [0.5, 0.6) is 0 Å². The fraction of sp³-hybridized carbons (Fsp3) is 0.182. The monoisotopic (exact) mass is 245 g/mol. The summed E-state index contributed by atoms with van der Waals surface area (Å²) >= 11 is 5.32. The van der Waals surface area contributed by atoms with Crippen LogP contribution in [-0.2, 0) is 13.6 Å². The van der Waals surface area contributed by atoms with Gasteiger partial charge in [-0.25, -0.2) is 0 Å². The van der Waals surface area contributed by atoms with E-state index in [0.717, 1.165) is 16.9 Å². The van der Waals surface area contributed by atoms with E-state index in [-0.39, 0.29) is 0 Å². The number of rotatable bonds is 2. The summed E-state index contributed by atoms with van der Waals surface area (Å²) in [6.07, 6.45) is 1.69. The highest BCUT2D eigenvalue weighted by Gasteiger charge is 2.07. The molecule has 1 aromatic carbocycles. The van der Waals surface area contributed by atoms with Crippen LogP contribution < -0.4 is 0 Å². The van der Waals surface area contributed by atoms with Crippen LogP contribution in [0.4, 0.5) is 0 Å².